The number of ether oxygens (including phenoxy) is 1. The summed E-state index contributed by atoms with van der Waals surface area (Å²) < 4.78 is 5.38. The lowest BCUT2D eigenvalue weighted by Gasteiger charge is -2.38. The van der Waals surface area contributed by atoms with Crippen molar-refractivity contribution >= 4 is 12.1 Å². The Morgan fingerprint density at radius 3 is 2.73 bits per heavy atom. The van der Waals surface area contributed by atoms with E-state index in [0.29, 0.717) is 19.4 Å². The van der Waals surface area contributed by atoms with Crippen LogP contribution in [0.25, 0.3) is 0 Å². The zero-order valence-electron chi connectivity index (χ0n) is 12.5. The van der Waals surface area contributed by atoms with Gasteiger partial charge in [-0.1, -0.05) is 43.2 Å². The molecule has 1 amide bonds. The third-order valence-electron chi connectivity index (χ3n) is 5.03. The van der Waals surface area contributed by atoms with Crippen LogP contribution in [0.15, 0.2) is 30.3 Å². The Hall–Kier alpha value is -2.04. The second-order valence-electron chi connectivity index (χ2n) is 6.21. The predicted molar refractivity (Wildman–Crippen MR) is 80.3 cm³/mol. The van der Waals surface area contributed by atoms with Crippen molar-refractivity contribution < 1.29 is 19.4 Å². The zero-order valence-corrected chi connectivity index (χ0v) is 12.5. The van der Waals surface area contributed by atoms with Gasteiger partial charge in [0.2, 0.25) is 0 Å². The first kappa shape index (κ1) is 14.9. The van der Waals surface area contributed by atoms with E-state index in [0.717, 1.165) is 24.8 Å². The van der Waals surface area contributed by atoms with Gasteiger partial charge < -0.3 is 14.7 Å². The number of nitrogens with zero attached hydrogens (tertiary/aromatic N) is 1. The number of aliphatic carboxylic acids is 1. The van der Waals surface area contributed by atoms with Crippen LogP contribution in [0.3, 0.4) is 0 Å². The standard InChI is InChI=1S/C17H21NO4/c19-15(20)17-9-5-4-8-14(17)18(11-10-17)16(21)22-12-13-6-2-1-3-7-13/h1-3,6-7,14H,4-5,8-12H2,(H,19,20). The maximum Gasteiger partial charge on any atom is 0.410 e. The Balaban J connectivity index is 1.67. The molecule has 2 aliphatic rings. The number of carboxylic acid groups (broad SMARTS) is 1. The van der Waals surface area contributed by atoms with Gasteiger partial charge in [-0.2, -0.15) is 0 Å². The van der Waals surface area contributed by atoms with Gasteiger partial charge in [0, 0.05) is 6.54 Å². The molecule has 2 unspecified atom stereocenters. The molecule has 2 fully saturated rings. The van der Waals surface area contributed by atoms with E-state index in [1.165, 1.54) is 0 Å². The van der Waals surface area contributed by atoms with Crippen LogP contribution in [0.1, 0.15) is 37.7 Å². The molecule has 0 aromatic heterocycles. The molecule has 22 heavy (non-hydrogen) atoms. The lowest BCUT2D eigenvalue weighted by Crippen LogP contribution is -2.48. The topological polar surface area (TPSA) is 66.8 Å². The molecule has 5 heteroatoms. The number of hydrogen-bond acceptors (Lipinski definition) is 3. The summed E-state index contributed by atoms with van der Waals surface area (Å²) in [6.45, 7) is 0.702. The van der Waals surface area contributed by atoms with Gasteiger partial charge in [0.1, 0.15) is 6.61 Å². The molecule has 0 spiro atoms. The van der Waals surface area contributed by atoms with Crippen LogP contribution in [-0.2, 0) is 16.1 Å². The fourth-order valence-corrected chi connectivity index (χ4v) is 3.82. The summed E-state index contributed by atoms with van der Waals surface area (Å²) >= 11 is 0. The van der Waals surface area contributed by atoms with E-state index >= 15 is 0 Å². The average molecular weight is 303 g/mol. The number of carbonyl (C=O) groups excluding carboxylic acids is 1. The second-order valence-corrected chi connectivity index (χ2v) is 6.21. The number of hydrogen-bond donors (Lipinski definition) is 1. The number of amides is 1. The molecule has 1 saturated heterocycles. The number of carbonyl (C=O) groups is 2. The van der Waals surface area contributed by atoms with Crippen LogP contribution in [-0.4, -0.2) is 34.7 Å². The number of fused-ring (bicyclic) bond motifs is 1. The molecule has 3 rings (SSSR count). The number of likely N-dealkylation sites (tertiary alicyclic amines) is 1. The zero-order chi connectivity index (χ0) is 15.6. The quantitative estimate of drug-likeness (QED) is 0.932. The summed E-state index contributed by atoms with van der Waals surface area (Å²) in [4.78, 5) is 25.7. The minimum absolute atomic E-state index is 0.220. The molecule has 1 saturated carbocycles. The van der Waals surface area contributed by atoms with Gasteiger partial charge in [-0.05, 0) is 24.8 Å². The van der Waals surface area contributed by atoms with Gasteiger partial charge in [0.15, 0.2) is 0 Å². The Morgan fingerprint density at radius 2 is 2.00 bits per heavy atom. The molecule has 1 N–H and O–H groups in total. The highest BCUT2D eigenvalue weighted by Crippen LogP contribution is 2.47. The Bertz CT molecular complexity index is 559. The van der Waals surface area contributed by atoms with E-state index in [4.69, 9.17) is 4.74 Å². The summed E-state index contributed by atoms with van der Waals surface area (Å²) in [6.07, 6.45) is 3.46. The highest BCUT2D eigenvalue weighted by Gasteiger charge is 2.55. The van der Waals surface area contributed by atoms with E-state index in [2.05, 4.69) is 0 Å². The van der Waals surface area contributed by atoms with Crippen LogP contribution in [0, 0.1) is 5.41 Å². The van der Waals surface area contributed by atoms with Crippen molar-refractivity contribution in [1.29, 1.82) is 0 Å². The predicted octanol–water partition coefficient (Wildman–Crippen LogP) is 3.04. The lowest BCUT2D eigenvalue weighted by molar-refractivity contribution is -0.152. The SMILES string of the molecule is O=C(OCc1ccccc1)N1CCC2(C(=O)O)CCCCC12. The summed E-state index contributed by atoms with van der Waals surface area (Å²) in [5.74, 6) is -0.768. The van der Waals surface area contributed by atoms with E-state index in [-0.39, 0.29) is 18.7 Å². The summed E-state index contributed by atoms with van der Waals surface area (Å²) in [6, 6.07) is 9.29. The van der Waals surface area contributed by atoms with Crippen molar-refractivity contribution in [3.63, 3.8) is 0 Å². The first-order chi connectivity index (χ1) is 10.6. The maximum atomic E-state index is 12.3. The van der Waals surface area contributed by atoms with Crippen molar-refractivity contribution in [2.24, 2.45) is 5.41 Å². The Kier molecular flexibility index (Phi) is 4.05. The second kappa shape index (κ2) is 5.99. The van der Waals surface area contributed by atoms with Crippen molar-refractivity contribution in [2.45, 2.75) is 44.8 Å². The van der Waals surface area contributed by atoms with E-state index in [9.17, 15) is 14.7 Å². The van der Waals surface area contributed by atoms with Gasteiger partial charge in [-0.15, -0.1) is 0 Å². The molecule has 1 heterocycles. The molecule has 0 bridgehead atoms. The molecule has 1 aliphatic carbocycles. The van der Waals surface area contributed by atoms with Gasteiger partial charge in [0.25, 0.3) is 0 Å². The van der Waals surface area contributed by atoms with Crippen molar-refractivity contribution in [3.8, 4) is 0 Å². The summed E-state index contributed by atoms with van der Waals surface area (Å²) in [5, 5.41) is 9.63. The van der Waals surface area contributed by atoms with E-state index in [1.54, 1.807) is 4.90 Å². The van der Waals surface area contributed by atoms with Crippen LogP contribution >= 0.6 is 0 Å². The van der Waals surface area contributed by atoms with Crippen LogP contribution in [0.5, 0.6) is 0 Å². The third-order valence-corrected chi connectivity index (χ3v) is 5.03. The Morgan fingerprint density at radius 1 is 1.23 bits per heavy atom. The molecule has 5 nitrogen and oxygen atoms in total. The molecule has 1 aromatic carbocycles. The van der Waals surface area contributed by atoms with E-state index in [1.807, 2.05) is 30.3 Å². The maximum absolute atomic E-state index is 12.3. The average Bonchev–Trinajstić information content (AvgIpc) is 2.95. The minimum Gasteiger partial charge on any atom is -0.481 e. The van der Waals surface area contributed by atoms with Crippen LogP contribution in [0.4, 0.5) is 4.79 Å². The van der Waals surface area contributed by atoms with Crippen molar-refractivity contribution in [2.75, 3.05) is 6.54 Å². The number of benzene rings is 1. The molecular formula is C17H21NO4. The van der Waals surface area contributed by atoms with Crippen molar-refractivity contribution in [3.05, 3.63) is 35.9 Å². The largest absolute Gasteiger partial charge is 0.481 e. The monoisotopic (exact) mass is 303 g/mol. The summed E-state index contributed by atoms with van der Waals surface area (Å²) in [5.41, 5.74) is 0.174. The minimum atomic E-state index is -0.768. The third kappa shape index (κ3) is 2.56. The smallest absolute Gasteiger partial charge is 0.410 e. The fourth-order valence-electron chi connectivity index (χ4n) is 3.82. The van der Waals surface area contributed by atoms with Crippen molar-refractivity contribution in [1.82, 2.24) is 4.90 Å². The lowest BCUT2D eigenvalue weighted by atomic mass is 9.70. The number of rotatable bonds is 3. The van der Waals surface area contributed by atoms with E-state index < -0.39 is 11.4 Å². The molecule has 118 valence electrons. The van der Waals surface area contributed by atoms with Gasteiger partial charge in [0.05, 0.1) is 11.5 Å². The highest BCUT2D eigenvalue weighted by molar-refractivity contribution is 5.79. The van der Waals surface area contributed by atoms with Gasteiger partial charge in [-0.3, -0.25) is 4.79 Å². The number of carboxylic acids is 1. The van der Waals surface area contributed by atoms with Crippen LogP contribution < -0.4 is 0 Å². The molecule has 1 aromatic rings. The molecule has 0 radical (unpaired) electrons. The summed E-state index contributed by atoms with van der Waals surface area (Å²) in [7, 11) is 0. The normalized spacial score (nSPS) is 27.3. The molecule has 2 atom stereocenters. The fraction of sp³-hybridized carbons (Fsp3) is 0.529. The Labute approximate surface area is 129 Å². The first-order valence-corrected chi connectivity index (χ1v) is 7.84. The van der Waals surface area contributed by atoms with Crippen LogP contribution in [0.2, 0.25) is 0 Å². The van der Waals surface area contributed by atoms with Gasteiger partial charge >= 0.3 is 12.1 Å². The highest BCUT2D eigenvalue weighted by atomic mass is 16.6. The van der Waals surface area contributed by atoms with Gasteiger partial charge in [-0.25, -0.2) is 4.79 Å². The molecular weight excluding hydrogens is 282 g/mol. The molecule has 1 aliphatic heterocycles. The first-order valence-electron chi connectivity index (χ1n) is 7.84.